The van der Waals surface area contributed by atoms with Crippen LogP contribution in [0.15, 0.2) is 23.0 Å². The van der Waals surface area contributed by atoms with E-state index in [2.05, 4.69) is 21.6 Å². The SMILES string of the molecule is CNCC[C@@H]1CN(CCCc2cccc3c2n(C)c(=O)n3C2CCC(=O)NC2=O)CCO1. The molecule has 1 aromatic heterocycles. The standard InChI is InChI=1S/C23H33N5O4/c1-24-11-10-17-15-27(13-14-32-17)12-4-6-16-5-3-7-18-21(16)26(2)23(31)28(18)19-8-9-20(29)25-22(19)30/h3,5,7,17,19,24H,4,6,8-15H2,1-2H3,(H,25,29,30)/t17-,19?/m1/s1. The van der Waals surface area contributed by atoms with Gasteiger partial charge in [0.1, 0.15) is 6.04 Å². The van der Waals surface area contributed by atoms with Crippen LogP contribution in [0.1, 0.15) is 37.3 Å². The van der Waals surface area contributed by atoms with Gasteiger partial charge in [-0.25, -0.2) is 4.79 Å². The number of benzene rings is 1. The van der Waals surface area contributed by atoms with E-state index < -0.39 is 11.9 Å². The van der Waals surface area contributed by atoms with Crippen molar-refractivity contribution in [1.29, 1.82) is 0 Å². The lowest BCUT2D eigenvalue weighted by Gasteiger charge is -2.33. The van der Waals surface area contributed by atoms with Crippen molar-refractivity contribution in [2.24, 2.45) is 7.05 Å². The highest BCUT2D eigenvalue weighted by Crippen LogP contribution is 2.25. The number of fused-ring (bicyclic) bond motifs is 1. The second-order valence-corrected chi connectivity index (χ2v) is 8.75. The zero-order valence-corrected chi connectivity index (χ0v) is 18.9. The van der Waals surface area contributed by atoms with Crippen molar-refractivity contribution in [2.45, 2.75) is 44.2 Å². The predicted octanol–water partition coefficient (Wildman–Crippen LogP) is 0.561. The maximum Gasteiger partial charge on any atom is 0.329 e. The van der Waals surface area contributed by atoms with Crippen LogP contribution in [0, 0.1) is 0 Å². The van der Waals surface area contributed by atoms with E-state index in [1.165, 1.54) is 0 Å². The fourth-order valence-electron chi connectivity index (χ4n) is 4.91. The lowest BCUT2D eigenvalue weighted by molar-refractivity contribution is -0.135. The molecule has 2 aliphatic rings. The van der Waals surface area contributed by atoms with E-state index in [9.17, 15) is 14.4 Å². The Kier molecular flexibility index (Phi) is 7.07. The van der Waals surface area contributed by atoms with Crippen molar-refractivity contribution in [1.82, 2.24) is 24.7 Å². The van der Waals surface area contributed by atoms with E-state index in [4.69, 9.17) is 4.74 Å². The number of piperidine rings is 1. The number of para-hydroxylation sites is 1. The third-order valence-corrected chi connectivity index (χ3v) is 6.57. The number of nitrogens with one attached hydrogen (secondary N) is 2. The van der Waals surface area contributed by atoms with Gasteiger partial charge in [-0.15, -0.1) is 0 Å². The van der Waals surface area contributed by atoms with Gasteiger partial charge in [0.2, 0.25) is 11.8 Å². The molecule has 2 atom stereocenters. The summed E-state index contributed by atoms with van der Waals surface area (Å²) in [5, 5.41) is 5.55. The van der Waals surface area contributed by atoms with Crippen molar-refractivity contribution in [3.05, 3.63) is 34.2 Å². The average molecular weight is 444 g/mol. The summed E-state index contributed by atoms with van der Waals surface area (Å²) in [7, 11) is 3.72. The first kappa shape index (κ1) is 22.7. The van der Waals surface area contributed by atoms with Crippen LogP contribution in [0.25, 0.3) is 11.0 Å². The van der Waals surface area contributed by atoms with Gasteiger partial charge in [-0.3, -0.25) is 28.9 Å². The van der Waals surface area contributed by atoms with E-state index >= 15 is 0 Å². The summed E-state index contributed by atoms with van der Waals surface area (Å²) in [5.41, 5.74) is 2.51. The fraction of sp³-hybridized carbons (Fsp3) is 0.609. The van der Waals surface area contributed by atoms with Crippen molar-refractivity contribution in [2.75, 3.05) is 39.8 Å². The number of imide groups is 1. The molecule has 9 heteroatoms. The fourth-order valence-corrected chi connectivity index (χ4v) is 4.91. The van der Waals surface area contributed by atoms with Crippen molar-refractivity contribution >= 4 is 22.8 Å². The summed E-state index contributed by atoms with van der Waals surface area (Å²) in [6.45, 7) is 4.62. The van der Waals surface area contributed by atoms with Crippen LogP contribution in [0.2, 0.25) is 0 Å². The van der Waals surface area contributed by atoms with Gasteiger partial charge in [0, 0.05) is 26.6 Å². The highest BCUT2D eigenvalue weighted by Gasteiger charge is 2.31. The summed E-state index contributed by atoms with van der Waals surface area (Å²) in [4.78, 5) is 39.5. The van der Waals surface area contributed by atoms with Crippen LogP contribution in [0.4, 0.5) is 0 Å². The van der Waals surface area contributed by atoms with Crippen molar-refractivity contribution in [3.8, 4) is 0 Å². The Morgan fingerprint density at radius 2 is 2.09 bits per heavy atom. The third kappa shape index (κ3) is 4.65. The molecule has 32 heavy (non-hydrogen) atoms. The molecule has 1 unspecified atom stereocenters. The minimum atomic E-state index is -0.651. The molecule has 2 aliphatic heterocycles. The Morgan fingerprint density at radius 3 is 2.88 bits per heavy atom. The van der Waals surface area contributed by atoms with Gasteiger partial charge in [0.15, 0.2) is 0 Å². The molecule has 2 aromatic rings. The number of aromatic nitrogens is 2. The number of carbonyl (C=O) groups is 2. The van der Waals surface area contributed by atoms with Gasteiger partial charge in [0.05, 0.1) is 23.7 Å². The zero-order valence-electron chi connectivity index (χ0n) is 18.9. The first-order chi connectivity index (χ1) is 15.5. The Bertz CT molecular complexity index is 1040. The normalized spacial score (nSPS) is 22.4. The molecule has 0 aliphatic carbocycles. The molecule has 0 radical (unpaired) electrons. The summed E-state index contributed by atoms with van der Waals surface area (Å²) in [5.74, 6) is -0.682. The van der Waals surface area contributed by atoms with Crippen LogP contribution in [-0.2, 0) is 27.8 Å². The number of ether oxygens (including phenoxy) is 1. The Labute approximate surface area is 187 Å². The number of aryl methyl sites for hydroxylation is 2. The van der Waals surface area contributed by atoms with Gasteiger partial charge in [-0.1, -0.05) is 12.1 Å². The molecule has 2 fully saturated rings. The number of amides is 2. The highest BCUT2D eigenvalue weighted by molar-refractivity contribution is 6.00. The molecule has 0 saturated carbocycles. The molecule has 4 rings (SSSR count). The topological polar surface area (TPSA) is 97.6 Å². The lowest BCUT2D eigenvalue weighted by Crippen LogP contribution is -2.44. The van der Waals surface area contributed by atoms with Crippen LogP contribution in [-0.4, -0.2) is 71.8 Å². The van der Waals surface area contributed by atoms with Gasteiger partial charge in [-0.2, -0.15) is 0 Å². The molecular formula is C23H33N5O4. The van der Waals surface area contributed by atoms with Crippen LogP contribution in [0.5, 0.6) is 0 Å². The monoisotopic (exact) mass is 443 g/mol. The molecule has 2 N–H and O–H groups in total. The molecule has 2 amide bonds. The summed E-state index contributed by atoms with van der Waals surface area (Å²) in [6, 6.07) is 5.24. The molecule has 9 nitrogen and oxygen atoms in total. The molecule has 174 valence electrons. The second-order valence-electron chi connectivity index (χ2n) is 8.75. The third-order valence-electron chi connectivity index (χ3n) is 6.57. The molecule has 0 spiro atoms. The number of imidazole rings is 1. The number of nitrogens with zero attached hydrogens (tertiary/aromatic N) is 3. The molecular weight excluding hydrogens is 410 g/mol. The van der Waals surface area contributed by atoms with Gasteiger partial charge in [-0.05, 0) is 57.5 Å². The summed E-state index contributed by atoms with van der Waals surface area (Å²) >= 11 is 0. The number of hydrogen-bond donors (Lipinski definition) is 2. The highest BCUT2D eigenvalue weighted by atomic mass is 16.5. The van der Waals surface area contributed by atoms with Crippen molar-refractivity contribution < 1.29 is 14.3 Å². The van der Waals surface area contributed by atoms with Crippen molar-refractivity contribution in [3.63, 3.8) is 0 Å². The maximum atomic E-state index is 13.0. The van der Waals surface area contributed by atoms with Gasteiger partial charge in [0.25, 0.3) is 0 Å². The first-order valence-corrected chi connectivity index (χ1v) is 11.5. The predicted molar refractivity (Wildman–Crippen MR) is 122 cm³/mol. The minimum absolute atomic E-state index is 0.220. The molecule has 1 aromatic carbocycles. The van der Waals surface area contributed by atoms with E-state index in [1.54, 1.807) is 16.2 Å². The quantitative estimate of drug-likeness (QED) is 0.579. The molecule has 0 bridgehead atoms. The first-order valence-electron chi connectivity index (χ1n) is 11.5. The Balaban J connectivity index is 1.48. The van der Waals surface area contributed by atoms with Crippen LogP contribution >= 0.6 is 0 Å². The minimum Gasteiger partial charge on any atom is -0.376 e. The summed E-state index contributed by atoms with van der Waals surface area (Å²) < 4.78 is 9.05. The zero-order chi connectivity index (χ0) is 22.7. The smallest absolute Gasteiger partial charge is 0.329 e. The number of morpholine rings is 1. The number of rotatable bonds is 8. The van der Waals surface area contributed by atoms with E-state index in [-0.39, 0.29) is 24.1 Å². The van der Waals surface area contributed by atoms with E-state index in [0.717, 1.165) is 68.6 Å². The largest absolute Gasteiger partial charge is 0.376 e. The second kappa shape index (κ2) is 9.97. The van der Waals surface area contributed by atoms with Crippen LogP contribution < -0.4 is 16.3 Å². The molecule has 2 saturated heterocycles. The Morgan fingerprint density at radius 1 is 1.25 bits per heavy atom. The van der Waals surface area contributed by atoms with E-state index in [1.807, 2.05) is 19.2 Å². The van der Waals surface area contributed by atoms with E-state index in [0.29, 0.717) is 6.42 Å². The van der Waals surface area contributed by atoms with Gasteiger partial charge >= 0.3 is 5.69 Å². The maximum absolute atomic E-state index is 13.0. The summed E-state index contributed by atoms with van der Waals surface area (Å²) in [6.07, 6.45) is 3.72. The number of carbonyl (C=O) groups excluding carboxylic acids is 2. The number of hydrogen-bond acceptors (Lipinski definition) is 6. The average Bonchev–Trinajstić information content (AvgIpc) is 3.04. The molecule has 3 heterocycles. The Hall–Kier alpha value is -2.49. The lowest BCUT2D eigenvalue weighted by atomic mass is 10.0. The van der Waals surface area contributed by atoms with Gasteiger partial charge < -0.3 is 10.1 Å². The van der Waals surface area contributed by atoms with Crippen LogP contribution in [0.3, 0.4) is 0 Å².